The Hall–Kier alpha value is -2.65. The number of aryl methyl sites for hydroxylation is 2. The van der Waals surface area contributed by atoms with Gasteiger partial charge >= 0.3 is 5.97 Å². The first kappa shape index (κ1) is 22.0. The van der Waals surface area contributed by atoms with Gasteiger partial charge in [-0.05, 0) is 38.5 Å². The number of benzene rings is 1. The highest BCUT2D eigenvalue weighted by Gasteiger charge is 2.27. The average Bonchev–Trinajstić information content (AvgIpc) is 3.00. The summed E-state index contributed by atoms with van der Waals surface area (Å²) in [4.78, 5) is 26.5. The van der Waals surface area contributed by atoms with Crippen LogP contribution in [0.25, 0.3) is 5.69 Å². The third kappa shape index (κ3) is 4.57. The number of carbonyl (C=O) groups is 2. The molecule has 9 heteroatoms. The fourth-order valence-electron chi connectivity index (χ4n) is 3.72. The van der Waals surface area contributed by atoms with E-state index in [4.69, 9.17) is 4.74 Å². The highest BCUT2D eigenvalue weighted by molar-refractivity contribution is 7.88. The van der Waals surface area contributed by atoms with Gasteiger partial charge in [0.2, 0.25) is 10.0 Å². The molecule has 0 radical (unpaired) electrons. The molecule has 2 heterocycles. The molecule has 1 amide bonds. The summed E-state index contributed by atoms with van der Waals surface area (Å²) in [7, 11) is -3.26. The summed E-state index contributed by atoms with van der Waals surface area (Å²) >= 11 is 0. The highest BCUT2D eigenvalue weighted by atomic mass is 32.2. The standard InChI is InChI=1S/C21H27N3O5S/c1-15-7-5-6-8-19(15)24-16(2)13-18(17(24)3)21(26)29-14-20(25)22-9-11-23(12-10-22)30(4,27)28/h5-8,13H,9-12,14H2,1-4H3. The predicted octanol–water partition coefficient (Wildman–Crippen LogP) is 1.66. The summed E-state index contributed by atoms with van der Waals surface area (Å²) in [6.07, 6.45) is 1.15. The van der Waals surface area contributed by atoms with Gasteiger partial charge in [0.1, 0.15) is 0 Å². The Morgan fingerprint density at radius 1 is 1.03 bits per heavy atom. The van der Waals surface area contributed by atoms with E-state index in [0.29, 0.717) is 5.56 Å². The number of hydrogen-bond acceptors (Lipinski definition) is 5. The molecule has 2 aromatic rings. The monoisotopic (exact) mass is 433 g/mol. The summed E-state index contributed by atoms with van der Waals surface area (Å²) in [5.74, 6) is -0.879. The summed E-state index contributed by atoms with van der Waals surface area (Å²) in [6, 6.07) is 9.67. The normalized spacial score (nSPS) is 15.3. The van der Waals surface area contributed by atoms with E-state index in [-0.39, 0.29) is 38.7 Å². The van der Waals surface area contributed by atoms with Gasteiger partial charge in [-0.25, -0.2) is 13.2 Å². The van der Waals surface area contributed by atoms with E-state index in [1.54, 1.807) is 6.07 Å². The molecule has 0 spiro atoms. The third-order valence-corrected chi connectivity index (χ3v) is 6.70. The van der Waals surface area contributed by atoms with Gasteiger partial charge in [0.25, 0.3) is 5.91 Å². The first-order valence-corrected chi connectivity index (χ1v) is 11.6. The summed E-state index contributed by atoms with van der Waals surface area (Å²) < 4.78 is 31.8. The molecule has 0 N–H and O–H groups in total. The lowest BCUT2D eigenvalue weighted by Crippen LogP contribution is -2.51. The minimum atomic E-state index is -3.26. The molecule has 0 atom stereocenters. The Morgan fingerprint density at radius 3 is 2.27 bits per heavy atom. The van der Waals surface area contributed by atoms with Crippen molar-refractivity contribution in [3.05, 3.63) is 52.8 Å². The smallest absolute Gasteiger partial charge is 0.340 e. The summed E-state index contributed by atoms with van der Waals surface area (Å²) in [5.41, 5.74) is 4.15. The molecule has 0 bridgehead atoms. The van der Waals surface area contributed by atoms with Crippen molar-refractivity contribution >= 4 is 21.9 Å². The lowest BCUT2D eigenvalue weighted by atomic mass is 10.2. The molecule has 0 aliphatic carbocycles. The second-order valence-corrected chi connectivity index (χ2v) is 9.51. The van der Waals surface area contributed by atoms with Crippen LogP contribution in [0.5, 0.6) is 0 Å². The fraction of sp³-hybridized carbons (Fsp3) is 0.429. The van der Waals surface area contributed by atoms with Crippen molar-refractivity contribution in [2.75, 3.05) is 39.0 Å². The molecule has 1 aliphatic heterocycles. The Morgan fingerprint density at radius 2 is 1.67 bits per heavy atom. The third-order valence-electron chi connectivity index (χ3n) is 5.39. The van der Waals surface area contributed by atoms with Crippen LogP contribution in [0, 0.1) is 20.8 Å². The number of para-hydroxylation sites is 1. The molecule has 3 rings (SSSR count). The molecule has 30 heavy (non-hydrogen) atoms. The highest BCUT2D eigenvalue weighted by Crippen LogP contribution is 2.23. The topological polar surface area (TPSA) is 88.9 Å². The van der Waals surface area contributed by atoms with E-state index in [0.717, 1.165) is 28.9 Å². The number of rotatable bonds is 5. The molecule has 1 aliphatic rings. The Kier molecular flexibility index (Phi) is 6.33. The zero-order valence-electron chi connectivity index (χ0n) is 17.7. The molecule has 0 saturated carbocycles. The van der Waals surface area contributed by atoms with Crippen LogP contribution in [0.4, 0.5) is 0 Å². The van der Waals surface area contributed by atoms with Crippen LogP contribution in [0.3, 0.4) is 0 Å². The quantitative estimate of drug-likeness (QED) is 0.669. The van der Waals surface area contributed by atoms with Crippen LogP contribution in [-0.4, -0.2) is 73.1 Å². The van der Waals surface area contributed by atoms with Gasteiger partial charge in [0.15, 0.2) is 6.61 Å². The largest absolute Gasteiger partial charge is 0.452 e. The number of hydrogen-bond donors (Lipinski definition) is 0. The molecule has 1 aromatic carbocycles. The number of esters is 1. The van der Waals surface area contributed by atoms with Crippen molar-refractivity contribution < 1.29 is 22.7 Å². The molecular formula is C21H27N3O5S. The van der Waals surface area contributed by atoms with Crippen molar-refractivity contribution in [2.24, 2.45) is 0 Å². The van der Waals surface area contributed by atoms with Crippen molar-refractivity contribution in [1.82, 2.24) is 13.8 Å². The summed E-state index contributed by atoms with van der Waals surface area (Å²) in [5, 5.41) is 0. The lowest BCUT2D eigenvalue weighted by Gasteiger charge is -2.33. The van der Waals surface area contributed by atoms with E-state index >= 15 is 0 Å². The molecule has 162 valence electrons. The van der Waals surface area contributed by atoms with E-state index in [1.807, 2.05) is 49.6 Å². The molecule has 1 aromatic heterocycles. The SMILES string of the molecule is Cc1ccccc1-n1c(C)cc(C(=O)OCC(=O)N2CCN(S(C)(=O)=O)CC2)c1C. The van der Waals surface area contributed by atoms with Crippen LogP contribution in [0.1, 0.15) is 27.3 Å². The van der Waals surface area contributed by atoms with Gasteiger partial charge in [0, 0.05) is 43.3 Å². The maximum atomic E-state index is 12.6. The van der Waals surface area contributed by atoms with Crippen molar-refractivity contribution in [2.45, 2.75) is 20.8 Å². The zero-order chi connectivity index (χ0) is 22.1. The van der Waals surface area contributed by atoms with E-state index in [2.05, 4.69) is 0 Å². The fourth-order valence-corrected chi connectivity index (χ4v) is 4.55. The molecule has 1 saturated heterocycles. The van der Waals surface area contributed by atoms with Crippen LogP contribution in [0.15, 0.2) is 30.3 Å². The van der Waals surface area contributed by atoms with Crippen molar-refractivity contribution in [1.29, 1.82) is 0 Å². The second-order valence-electron chi connectivity index (χ2n) is 7.53. The summed E-state index contributed by atoms with van der Waals surface area (Å²) in [6.45, 7) is 6.47. The number of carbonyl (C=O) groups excluding carboxylic acids is 2. The van der Waals surface area contributed by atoms with E-state index in [1.165, 1.54) is 9.21 Å². The van der Waals surface area contributed by atoms with E-state index in [9.17, 15) is 18.0 Å². The second kappa shape index (κ2) is 8.61. The minimum Gasteiger partial charge on any atom is -0.452 e. The van der Waals surface area contributed by atoms with Gasteiger partial charge in [-0.15, -0.1) is 0 Å². The van der Waals surface area contributed by atoms with Crippen molar-refractivity contribution in [3.63, 3.8) is 0 Å². The van der Waals surface area contributed by atoms with Crippen molar-refractivity contribution in [3.8, 4) is 5.69 Å². The number of sulfonamides is 1. The number of piperazine rings is 1. The Labute approximate surface area is 177 Å². The van der Waals surface area contributed by atoms with Gasteiger partial charge in [0.05, 0.1) is 11.8 Å². The first-order chi connectivity index (χ1) is 14.1. The van der Waals surface area contributed by atoms with Gasteiger partial charge in [-0.1, -0.05) is 18.2 Å². The molecule has 0 unspecified atom stereocenters. The average molecular weight is 434 g/mol. The molecule has 8 nitrogen and oxygen atoms in total. The maximum absolute atomic E-state index is 12.6. The maximum Gasteiger partial charge on any atom is 0.340 e. The number of nitrogens with zero attached hydrogens (tertiary/aromatic N) is 3. The van der Waals surface area contributed by atoms with E-state index < -0.39 is 16.0 Å². The Bertz CT molecular complexity index is 1070. The first-order valence-electron chi connectivity index (χ1n) is 9.74. The molecular weight excluding hydrogens is 406 g/mol. The number of amides is 1. The van der Waals surface area contributed by atoms with Crippen LogP contribution < -0.4 is 0 Å². The Balaban J connectivity index is 1.64. The molecule has 1 fully saturated rings. The van der Waals surface area contributed by atoms with Crippen LogP contribution in [-0.2, 0) is 19.6 Å². The predicted molar refractivity (Wildman–Crippen MR) is 113 cm³/mol. The van der Waals surface area contributed by atoms with Crippen LogP contribution >= 0.6 is 0 Å². The minimum absolute atomic E-state index is 0.246. The lowest BCUT2D eigenvalue weighted by molar-refractivity contribution is -0.135. The van der Waals surface area contributed by atoms with Gasteiger partial charge < -0.3 is 14.2 Å². The number of ether oxygens (including phenoxy) is 1. The zero-order valence-corrected chi connectivity index (χ0v) is 18.5. The van der Waals surface area contributed by atoms with Gasteiger partial charge in [-0.3, -0.25) is 4.79 Å². The van der Waals surface area contributed by atoms with Gasteiger partial charge in [-0.2, -0.15) is 4.31 Å². The number of aromatic nitrogens is 1. The van der Waals surface area contributed by atoms with Crippen LogP contribution in [0.2, 0.25) is 0 Å².